The highest BCUT2D eigenvalue weighted by atomic mass is 35.5. The van der Waals surface area contributed by atoms with Gasteiger partial charge in [0.05, 0.1) is 12.5 Å². The van der Waals surface area contributed by atoms with Crippen LogP contribution in [0.5, 0.6) is 0 Å². The van der Waals surface area contributed by atoms with E-state index in [4.69, 9.17) is 17.3 Å². The molecule has 0 saturated heterocycles. The molecule has 0 aromatic carbocycles. The number of pyridine rings is 1. The fourth-order valence-electron chi connectivity index (χ4n) is 1.13. The molecule has 6 heteroatoms. The predicted molar refractivity (Wildman–Crippen MR) is 54.0 cm³/mol. The number of aromatic nitrogens is 1. The number of carbonyl (C=O) groups excluding carboxylic acids is 1. The Hall–Kier alpha value is -1.17. The molecule has 1 aromatic rings. The number of hydrogen-bond donors (Lipinski definition) is 3. The maximum atomic E-state index is 10.5. The van der Waals surface area contributed by atoms with Crippen LogP contribution in [0.2, 0.25) is 5.02 Å². The molecule has 1 heterocycles. The molecular weight excluding hydrogens is 220 g/mol. The van der Waals surface area contributed by atoms with E-state index < -0.39 is 18.1 Å². The molecule has 0 fully saturated rings. The minimum Gasteiger partial charge on any atom is -0.390 e. The number of nitrogens with zero attached hydrogens (tertiary/aromatic N) is 1. The molecule has 82 valence electrons. The summed E-state index contributed by atoms with van der Waals surface area (Å²) in [6.07, 6.45) is -0.0780. The van der Waals surface area contributed by atoms with Crippen LogP contribution in [0.1, 0.15) is 18.1 Å². The van der Waals surface area contributed by atoms with Crippen molar-refractivity contribution >= 4 is 17.5 Å². The van der Waals surface area contributed by atoms with Gasteiger partial charge >= 0.3 is 0 Å². The van der Waals surface area contributed by atoms with E-state index in [0.29, 0.717) is 0 Å². The molecule has 2 atom stereocenters. The topological polar surface area (TPSA) is 96.4 Å². The van der Waals surface area contributed by atoms with Crippen LogP contribution in [-0.4, -0.2) is 27.2 Å². The molecule has 0 radical (unpaired) electrons. The first-order valence-electron chi connectivity index (χ1n) is 4.26. The SMILES string of the molecule is NC(=O)CC(O)C(O)c1cnccc1Cl. The van der Waals surface area contributed by atoms with Crippen LogP contribution in [0.4, 0.5) is 0 Å². The summed E-state index contributed by atoms with van der Waals surface area (Å²) in [5.74, 6) is -0.693. The third kappa shape index (κ3) is 3.16. The second kappa shape index (κ2) is 5.06. The van der Waals surface area contributed by atoms with E-state index in [-0.39, 0.29) is 17.0 Å². The summed E-state index contributed by atoms with van der Waals surface area (Å²) < 4.78 is 0. The molecule has 0 saturated carbocycles. The van der Waals surface area contributed by atoms with Gasteiger partial charge < -0.3 is 15.9 Å². The lowest BCUT2D eigenvalue weighted by Gasteiger charge is -2.17. The molecule has 0 bridgehead atoms. The normalized spacial score (nSPS) is 14.6. The van der Waals surface area contributed by atoms with Gasteiger partial charge in [0.1, 0.15) is 6.10 Å². The standard InChI is InChI=1S/C9H11ClN2O3/c10-6-1-2-12-4-5(6)9(15)7(13)3-8(11)14/h1-2,4,7,9,13,15H,3H2,(H2,11,14). The lowest BCUT2D eigenvalue weighted by Crippen LogP contribution is -2.25. The first kappa shape index (κ1) is 11.9. The first-order chi connectivity index (χ1) is 7.02. The Kier molecular flexibility index (Phi) is 4.02. The van der Waals surface area contributed by atoms with Crippen LogP contribution in [0.15, 0.2) is 18.5 Å². The summed E-state index contributed by atoms with van der Waals surface area (Å²) in [6.45, 7) is 0. The van der Waals surface area contributed by atoms with Crippen molar-refractivity contribution in [3.05, 3.63) is 29.0 Å². The molecule has 0 spiro atoms. The van der Waals surface area contributed by atoms with Gasteiger partial charge in [0.2, 0.25) is 5.91 Å². The average molecular weight is 231 g/mol. The first-order valence-corrected chi connectivity index (χ1v) is 4.64. The molecule has 1 rings (SSSR count). The van der Waals surface area contributed by atoms with Crippen molar-refractivity contribution in [1.82, 2.24) is 4.98 Å². The highest BCUT2D eigenvalue weighted by Gasteiger charge is 2.22. The Bertz CT molecular complexity index is 359. The third-order valence-electron chi connectivity index (χ3n) is 1.89. The average Bonchev–Trinajstić information content (AvgIpc) is 2.16. The van der Waals surface area contributed by atoms with E-state index >= 15 is 0 Å². The summed E-state index contributed by atoms with van der Waals surface area (Å²) in [5.41, 5.74) is 5.16. The molecule has 15 heavy (non-hydrogen) atoms. The minimum absolute atomic E-state index is 0.271. The molecule has 1 amide bonds. The van der Waals surface area contributed by atoms with Gasteiger partial charge in [-0.05, 0) is 6.07 Å². The smallest absolute Gasteiger partial charge is 0.220 e. The van der Waals surface area contributed by atoms with Crippen LogP contribution in [0.25, 0.3) is 0 Å². The molecule has 0 aliphatic heterocycles. The van der Waals surface area contributed by atoms with Crippen LogP contribution in [0.3, 0.4) is 0 Å². The highest BCUT2D eigenvalue weighted by Crippen LogP contribution is 2.24. The van der Waals surface area contributed by atoms with E-state index in [0.717, 1.165) is 0 Å². The van der Waals surface area contributed by atoms with Gasteiger partial charge in [0, 0.05) is 23.0 Å². The summed E-state index contributed by atoms with van der Waals surface area (Å²) >= 11 is 5.77. The Morgan fingerprint density at radius 1 is 1.60 bits per heavy atom. The van der Waals surface area contributed by atoms with Crippen molar-refractivity contribution in [2.45, 2.75) is 18.6 Å². The van der Waals surface area contributed by atoms with E-state index in [9.17, 15) is 15.0 Å². The molecule has 2 unspecified atom stereocenters. The largest absolute Gasteiger partial charge is 0.390 e. The van der Waals surface area contributed by atoms with Crippen molar-refractivity contribution in [1.29, 1.82) is 0 Å². The molecule has 5 nitrogen and oxygen atoms in total. The zero-order chi connectivity index (χ0) is 11.4. The number of rotatable bonds is 4. The molecule has 1 aromatic heterocycles. The minimum atomic E-state index is -1.27. The highest BCUT2D eigenvalue weighted by molar-refractivity contribution is 6.31. The number of nitrogens with two attached hydrogens (primary N) is 1. The lowest BCUT2D eigenvalue weighted by atomic mass is 10.0. The number of hydrogen-bond acceptors (Lipinski definition) is 4. The fourth-order valence-corrected chi connectivity index (χ4v) is 1.35. The van der Waals surface area contributed by atoms with Crippen LogP contribution >= 0.6 is 11.6 Å². The number of carbonyl (C=O) groups is 1. The van der Waals surface area contributed by atoms with Gasteiger partial charge in [0.15, 0.2) is 0 Å². The number of aliphatic hydroxyl groups excluding tert-OH is 2. The van der Waals surface area contributed by atoms with Crippen molar-refractivity contribution < 1.29 is 15.0 Å². The maximum Gasteiger partial charge on any atom is 0.220 e. The van der Waals surface area contributed by atoms with Gasteiger partial charge in [-0.2, -0.15) is 0 Å². The second-order valence-electron chi connectivity index (χ2n) is 3.08. The van der Waals surface area contributed by atoms with E-state index in [1.807, 2.05) is 0 Å². The van der Waals surface area contributed by atoms with Crippen molar-refractivity contribution in [2.75, 3.05) is 0 Å². The Balaban J connectivity index is 2.80. The number of primary amides is 1. The monoisotopic (exact) mass is 230 g/mol. The third-order valence-corrected chi connectivity index (χ3v) is 2.23. The summed E-state index contributed by atoms with van der Waals surface area (Å²) in [6, 6.07) is 1.48. The Morgan fingerprint density at radius 2 is 2.27 bits per heavy atom. The summed E-state index contributed by atoms with van der Waals surface area (Å²) in [4.78, 5) is 14.3. The number of aliphatic hydroxyl groups is 2. The second-order valence-corrected chi connectivity index (χ2v) is 3.49. The van der Waals surface area contributed by atoms with E-state index in [1.54, 1.807) is 0 Å². The predicted octanol–water partition coefficient (Wildman–Crippen LogP) is 0.00470. The fraction of sp³-hybridized carbons (Fsp3) is 0.333. The van der Waals surface area contributed by atoms with Gasteiger partial charge in [-0.1, -0.05) is 11.6 Å². The van der Waals surface area contributed by atoms with Gasteiger partial charge in [-0.3, -0.25) is 9.78 Å². The van der Waals surface area contributed by atoms with E-state index in [2.05, 4.69) is 4.98 Å². The zero-order valence-electron chi connectivity index (χ0n) is 7.80. The lowest BCUT2D eigenvalue weighted by molar-refractivity contribution is -0.121. The molecule has 4 N–H and O–H groups in total. The van der Waals surface area contributed by atoms with Crippen LogP contribution in [-0.2, 0) is 4.79 Å². The maximum absolute atomic E-state index is 10.5. The number of amides is 1. The summed E-state index contributed by atoms with van der Waals surface area (Å²) in [7, 11) is 0. The van der Waals surface area contributed by atoms with Gasteiger partial charge in [0.25, 0.3) is 0 Å². The van der Waals surface area contributed by atoms with Gasteiger partial charge in [-0.15, -0.1) is 0 Å². The summed E-state index contributed by atoms with van der Waals surface area (Å²) in [5, 5.41) is 19.3. The number of halogens is 1. The van der Waals surface area contributed by atoms with Crippen molar-refractivity contribution in [3.63, 3.8) is 0 Å². The van der Waals surface area contributed by atoms with Crippen molar-refractivity contribution in [2.24, 2.45) is 5.73 Å². The quantitative estimate of drug-likeness (QED) is 0.679. The zero-order valence-corrected chi connectivity index (χ0v) is 8.55. The van der Waals surface area contributed by atoms with Gasteiger partial charge in [-0.25, -0.2) is 0 Å². The van der Waals surface area contributed by atoms with Crippen LogP contribution in [0, 0.1) is 0 Å². The Morgan fingerprint density at radius 3 is 2.80 bits per heavy atom. The van der Waals surface area contributed by atoms with Crippen LogP contribution < -0.4 is 5.73 Å². The van der Waals surface area contributed by atoms with Crippen molar-refractivity contribution in [3.8, 4) is 0 Å². The molecule has 0 aliphatic rings. The molecular formula is C9H11ClN2O3. The Labute approximate surface area is 91.5 Å². The van der Waals surface area contributed by atoms with E-state index in [1.165, 1.54) is 18.5 Å². The molecule has 0 aliphatic carbocycles.